The molecule has 0 aromatic carbocycles. The molecule has 0 heteroatoms. The Labute approximate surface area is 103 Å². The minimum absolute atomic E-state index is 0.759. The van der Waals surface area contributed by atoms with Gasteiger partial charge in [-0.1, -0.05) is 70.9 Å². The molecule has 1 rings (SSSR count). The summed E-state index contributed by atoms with van der Waals surface area (Å²) in [5.74, 6) is 1.66. The van der Waals surface area contributed by atoms with Crippen LogP contribution in [0.25, 0.3) is 0 Å². The quantitative estimate of drug-likeness (QED) is 0.497. The van der Waals surface area contributed by atoms with Gasteiger partial charge in [0.2, 0.25) is 0 Å². The smallest absolute Gasteiger partial charge is 0.0260 e. The van der Waals surface area contributed by atoms with E-state index in [2.05, 4.69) is 26.8 Å². The van der Waals surface area contributed by atoms with Gasteiger partial charge in [0.05, 0.1) is 0 Å². The first kappa shape index (κ1) is 13.8. The van der Waals surface area contributed by atoms with Crippen molar-refractivity contribution in [3.8, 4) is 0 Å². The average Bonchev–Trinajstić information content (AvgIpc) is 2.23. The van der Waals surface area contributed by atoms with E-state index in [0.29, 0.717) is 0 Å². The Hall–Kier alpha value is -0.260. The van der Waals surface area contributed by atoms with Crippen molar-refractivity contribution < 1.29 is 0 Å². The lowest BCUT2D eigenvalue weighted by molar-refractivity contribution is 0.476. The van der Waals surface area contributed by atoms with Crippen LogP contribution in [0.15, 0.2) is 11.6 Å². The maximum Gasteiger partial charge on any atom is -0.0260 e. The van der Waals surface area contributed by atoms with Crippen molar-refractivity contribution in [3.63, 3.8) is 0 Å². The van der Waals surface area contributed by atoms with Gasteiger partial charge in [0, 0.05) is 0 Å². The number of rotatable bonds is 1. The summed E-state index contributed by atoms with van der Waals surface area (Å²) >= 11 is 0. The molecule has 0 saturated carbocycles. The van der Waals surface area contributed by atoms with Gasteiger partial charge >= 0.3 is 0 Å². The standard InChI is InChI=1S/C16H30/c1-14(2)16-11-9-7-5-4-6-8-10-15(3)12-13-16/h13-15H,4-12H2,1-3H3. The highest BCUT2D eigenvalue weighted by molar-refractivity contribution is 5.05. The Balaban J connectivity index is 2.50. The predicted molar refractivity (Wildman–Crippen MR) is 73.6 cm³/mol. The Bertz CT molecular complexity index is 200. The molecule has 94 valence electrons. The third-order valence-corrected chi connectivity index (χ3v) is 3.94. The lowest BCUT2D eigenvalue weighted by Crippen LogP contribution is -1.99. The monoisotopic (exact) mass is 222 g/mol. The molecule has 0 amide bonds. The van der Waals surface area contributed by atoms with Crippen LogP contribution in [0, 0.1) is 11.8 Å². The maximum absolute atomic E-state index is 2.55. The Kier molecular flexibility index (Phi) is 6.84. The van der Waals surface area contributed by atoms with E-state index in [1.54, 1.807) is 5.57 Å². The predicted octanol–water partition coefficient (Wildman–Crippen LogP) is 5.73. The van der Waals surface area contributed by atoms with Gasteiger partial charge in [0.25, 0.3) is 0 Å². The minimum atomic E-state index is 0.759. The first-order valence-electron chi connectivity index (χ1n) is 7.39. The molecule has 0 nitrogen and oxygen atoms in total. The van der Waals surface area contributed by atoms with Crippen molar-refractivity contribution in [1.29, 1.82) is 0 Å². The van der Waals surface area contributed by atoms with Crippen LogP contribution in [0.5, 0.6) is 0 Å². The maximum atomic E-state index is 2.55. The molecule has 1 aliphatic rings. The lowest BCUT2D eigenvalue weighted by Gasteiger charge is -2.15. The molecule has 1 atom stereocenters. The van der Waals surface area contributed by atoms with Crippen LogP contribution in [0.3, 0.4) is 0 Å². The average molecular weight is 222 g/mol. The summed E-state index contributed by atoms with van der Waals surface area (Å²) in [6.45, 7) is 7.12. The van der Waals surface area contributed by atoms with Crippen molar-refractivity contribution in [2.45, 2.75) is 78.6 Å². The molecule has 1 aliphatic carbocycles. The second-order valence-corrected chi connectivity index (χ2v) is 5.93. The van der Waals surface area contributed by atoms with Crippen molar-refractivity contribution in [3.05, 3.63) is 11.6 Å². The zero-order valence-electron chi connectivity index (χ0n) is 11.6. The molecule has 1 unspecified atom stereocenters. The molecule has 0 spiro atoms. The molecule has 0 N–H and O–H groups in total. The van der Waals surface area contributed by atoms with E-state index in [4.69, 9.17) is 0 Å². The SMILES string of the molecule is CC1CC=C(C(C)C)CCCCCCCC1. The van der Waals surface area contributed by atoms with E-state index in [1.165, 1.54) is 57.8 Å². The van der Waals surface area contributed by atoms with Crippen molar-refractivity contribution >= 4 is 0 Å². The second-order valence-electron chi connectivity index (χ2n) is 5.93. The molecule has 0 fully saturated rings. The fraction of sp³-hybridized carbons (Fsp3) is 0.875. The summed E-state index contributed by atoms with van der Waals surface area (Å²) in [5, 5.41) is 0. The normalized spacial score (nSPS) is 25.8. The number of allylic oxidation sites excluding steroid dienone is 2. The highest BCUT2D eigenvalue weighted by Gasteiger charge is 2.06. The third kappa shape index (κ3) is 5.72. The summed E-state index contributed by atoms with van der Waals surface area (Å²) in [4.78, 5) is 0. The van der Waals surface area contributed by atoms with Gasteiger partial charge in [0.15, 0.2) is 0 Å². The zero-order valence-corrected chi connectivity index (χ0v) is 11.6. The van der Waals surface area contributed by atoms with Gasteiger partial charge in [-0.15, -0.1) is 0 Å². The van der Waals surface area contributed by atoms with Crippen LogP contribution in [0.2, 0.25) is 0 Å². The van der Waals surface area contributed by atoms with E-state index >= 15 is 0 Å². The van der Waals surface area contributed by atoms with Crippen LogP contribution in [-0.4, -0.2) is 0 Å². The van der Waals surface area contributed by atoms with Crippen LogP contribution >= 0.6 is 0 Å². The van der Waals surface area contributed by atoms with Crippen LogP contribution < -0.4 is 0 Å². The fourth-order valence-corrected chi connectivity index (χ4v) is 2.63. The van der Waals surface area contributed by atoms with Crippen LogP contribution in [-0.2, 0) is 0 Å². The Morgan fingerprint density at radius 2 is 1.62 bits per heavy atom. The van der Waals surface area contributed by atoms with E-state index in [9.17, 15) is 0 Å². The molecule has 0 aliphatic heterocycles. The molecular formula is C16H30. The van der Waals surface area contributed by atoms with E-state index < -0.39 is 0 Å². The topological polar surface area (TPSA) is 0 Å². The van der Waals surface area contributed by atoms with E-state index in [0.717, 1.165) is 11.8 Å². The van der Waals surface area contributed by atoms with Crippen LogP contribution in [0.1, 0.15) is 78.6 Å². The molecule has 0 bridgehead atoms. The summed E-state index contributed by atoms with van der Waals surface area (Å²) in [6, 6.07) is 0. The van der Waals surface area contributed by atoms with Gasteiger partial charge in [-0.25, -0.2) is 0 Å². The van der Waals surface area contributed by atoms with Crippen LogP contribution in [0.4, 0.5) is 0 Å². The first-order valence-corrected chi connectivity index (χ1v) is 7.39. The molecule has 0 heterocycles. The largest absolute Gasteiger partial charge is 0.0848 e. The summed E-state index contributed by atoms with van der Waals surface area (Å²) in [7, 11) is 0. The molecule has 0 aromatic heterocycles. The van der Waals surface area contributed by atoms with Crippen molar-refractivity contribution in [2.24, 2.45) is 11.8 Å². The van der Waals surface area contributed by atoms with Crippen molar-refractivity contribution in [2.75, 3.05) is 0 Å². The second kappa shape index (κ2) is 7.92. The highest BCUT2D eigenvalue weighted by atomic mass is 14.1. The Morgan fingerprint density at radius 3 is 2.31 bits per heavy atom. The molecule has 0 radical (unpaired) electrons. The number of hydrogen-bond donors (Lipinski definition) is 0. The number of hydrogen-bond acceptors (Lipinski definition) is 0. The van der Waals surface area contributed by atoms with Gasteiger partial charge in [0.1, 0.15) is 0 Å². The fourth-order valence-electron chi connectivity index (χ4n) is 2.63. The highest BCUT2D eigenvalue weighted by Crippen LogP contribution is 2.23. The van der Waals surface area contributed by atoms with Gasteiger partial charge in [-0.2, -0.15) is 0 Å². The van der Waals surface area contributed by atoms with Gasteiger partial charge < -0.3 is 0 Å². The van der Waals surface area contributed by atoms with E-state index in [1.807, 2.05) is 0 Å². The van der Waals surface area contributed by atoms with Gasteiger partial charge in [-0.3, -0.25) is 0 Å². The lowest BCUT2D eigenvalue weighted by atomic mass is 9.91. The Morgan fingerprint density at radius 1 is 1.00 bits per heavy atom. The van der Waals surface area contributed by atoms with E-state index in [-0.39, 0.29) is 0 Å². The van der Waals surface area contributed by atoms with Crippen molar-refractivity contribution in [1.82, 2.24) is 0 Å². The van der Waals surface area contributed by atoms with Gasteiger partial charge in [-0.05, 0) is 31.1 Å². The minimum Gasteiger partial charge on any atom is -0.0848 e. The summed E-state index contributed by atoms with van der Waals surface area (Å²) in [6.07, 6.45) is 15.3. The molecule has 0 saturated heterocycles. The molecule has 16 heavy (non-hydrogen) atoms. The summed E-state index contributed by atoms with van der Waals surface area (Å²) in [5.41, 5.74) is 1.72. The molecular weight excluding hydrogens is 192 g/mol. The summed E-state index contributed by atoms with van der Waals surface area (Å²) < 4.78 is 0. The zero-order chi connectivity index (χ0) is 11.8. The third-order valence-electron chi connectivity index (χ3n) is 3.94. The first-order chi connectivity index (χ1) is 7.70. The molecule has 0 aromatic rings.